The molecular weight excluding hydrogens is 262 g/mol. The summed E-state index contributed by atoms with van der Waals surface area (Å²) in [4.78, 5) is 0.328. The molecule has 0 aliphatic rings. The molecule has 102 valence electrons. The van der Waals surface area contributed by atoms with E-state index in [1.807, 2.05) is 13.0 Å². The second-order valence-corrected chi connectivity index (χ2v) is 6.47. The van der Waals surface area contributed by atoms with Crippen LogP contribution in [0.5, 0.6) is 0 Å². The summed E-state index contributed by atoms with van der Waals surface area (Å²) in [5.41, 5.74) is 7.36. The van der Waals surface area contributed by atoms with E-state index in [0.717, 1.165) is 11.3 Å². The fourth-order valence-electron chi connectivity index (χ4n) is 1.79. The number of sulfone groups is 1. The van der Waals surface area contributed by atoms with Gasteiger partial charge in [-0.2, -0.15) is 5.10 Å². The van der Waals surface area contributed by atoms with Crippen LogP contribution in [0.2, 0.25) is 0 Å². The van der Waals surface area contributed by atoms with E-state index in [2.05, 4.69) is 5.10 Å². The lowest BCUT2D eigenvalue weighted by atomic mass is 10.2. The number of hydrogen-bond acceptors (Lipinski definition) is 4. The van der Waals surface area contributed by atoms with Gasteiger partial charge in [-0.1, -0.05) is 12.1 Å². The third kappa shape index (κ3) is 3.21. The van der Waals surface area contributed by atoms with Gasteiger partial charge in [0.25, 0.3) is 0 Å². The molecule has 2 N–H and O–H groups in total. The highest BCUT2D eigenvalue weighted by Crippen LogP contribution is 2.13. The van der Waals surface area contributed by atoms with Crippen LogP contribution in [-0.2, 0) is 22.9 Å². The zero-order valence-corrected chi connectivity index (χ0v) is 11.6. The summed E-state index contributed by atoms with van der Waals surface area (Å²) in [7, 11) is -3.28. The minimum atomic E-state index is -3.28. The SMILES string of the molecule is Cc1ccnn1CCS(=O)(=O)c1ccc(CN)cc1. The van der Waals surface area contributed by atoms with Crippen LogP contribution < -0.4 is 5.73 Å². The van der Waals surface area contributed by atoms with Gasteiger partial charge in [-0.3, -0.25) is 4.68 Å². The molecule has 2 aromatic rings. The van der Waals surface area contributed by atoms with E-state index in [4.69, 9.17) is 5.73 Å². The maximum Gasteiger partial charge on any atom is 0.180 e. The molecule has 19 heavy (non-hydrogen) atoms. The lowest BCUT2D eigenvalue weighted by Crippen LogP contribution is -2.15. The molecular formula is C13H17N3O2S. The summed E-state index contributed by atoms with van der Waals surface area (Å²) < 4.78 is 26.0. The first kappa shape index (κ1) is 13.8. The van der Waals surface area contributed by atoms with Gasteiger partial charge in [0.1, 0.15) is 0 Å². The molecule has 5 nitrogen and oxygen atoms in total. The van der Waals surface area contributed by atoms with Gasteiger partial charge in [0.15, 0.2) is 9.84 Å². The molecule has 0 radical (unpaired) electrons. The van der Waals surface area contributed by atoms with Gasteiger partial charge in [-0.15, -0.1) is 0 Å². The fraction of sp³-hybridized carbons (Fsp3) is 0.308. The second kappa shape index (κ2) is 5.54. The van der Waals surface area contributed by atoms with Gasteiger partial charge in [0, 0.05) is 18.4 Å². The first-order valence-corrected chi connectivity index (χ1v) is 7.68. The van der Waals surface area contributed by atoms with E-state index in [1.54, 1.807) is 35.1 Å². The van der Waals surface area contributed by atoms with E-state index >= 15 is 0 Å². The molecule has 0 fully saturated rings. The van der Waals surface area contributed by atoms with Crippen molar-refractivity contribution in [2.45, 2.75) is 24.9 Å². The van der Waals surface area contributed by atoms with Crippen LogP contribution in [0.15, 0.2) is 41.4 Å². The molecule has 1 aromatic carbocycles. The summed E-state index contributed by atoms with van der Waals surface area (Å²) in [6, 6.07) is 8.54. The summed E-state index contributed by atoms with van der Waals surface area (Å²) >= 11 is 0. The zero-order valence-electron chi connectivity index (χ0n) is 10.8. The van der Waals surface area contributed by atoms with Crippen molar-refractivity contribution < 1.29 is 8.42 Å². The molecule has 0 aliphatic heterocycles. The first-order valence-electron chi connectivity index (χ1n) is 6.03. The van der Waals surface area contributed by atoms with Gasteiger partial charge in [0.05, 0.1) is 17.2 Å². The summed E-state index contributed by atoms with van der Waals surface area (Å²) in [6.07, 6.45) is 1.66. The van der Waals surface area contributed by atoms with Crippen LogP contribution in [0.1, 0.15) is 11.3 Å². The summed E-state index contributed by atoms with van der Waals surface area (Å²) in [5.74, 6) is 0.0392. The van der Waals surface area contributed by atoms with Crippen LogP contribution >= 0.6 is 0 Å². The Bertz CT molecular complexity index is 645. The number of hydrogen-bond donors (Lipinski definition) is 1. The Morgan fingerprint density at radius 3 is 2.42 bits per heavy atom. The Balaban J connectivity index is 2.11. The van der Waals surface area contributed by atoms with Crippen LogP contribution in [0.4, 0.5) is 0 Å². The van der Waals surface area contributed by atoms with Gasteiger partial charge >= 0.3 is 0 Å². The minimum Gasteiger partial charge on any atom is -0.326 e. The highest BCUT2D eigenvalue weighted by Gasteiger charge is 2.14. The van der Waals surface area contributed by atoms with Crippen molar-refractivity contribution in [2.24, 2.45) is 5.73 Å². The maximum atomic E-state index is 12.2. The Morgan fingerprint density at radius 2 is 1.89 bits per heavy atom. The lowest BCUT2D eigenvalue weighted by molar-refractivity contribution is 0.577. The smallest absolute Gasteiger partial charge is 0.180 e. The fourth-order valence-corrected chi connectivity index (χ4v) is 2.99. The van der Waals surface area contributed by atoms with E-state index in [9.17, 15) is 8.42 Å². The van der Waals surface area contributed by atoms with Crippen LogP contribution in [0.3, 0.4) is 0 Å². The average molecular weight is 279 g/mol. The molecule has 0 amide bonds. The van der Waals surface area contributed by atoms with E-state index in [1.165, 1.54) is 0 Å². The topological polar surface area (TPSA) is 78.0 Å². The van der Waals surface area contributed by atoms with Crippen molar-refractivity contribution in [3.8, 4) is 0 Å². The maximum absolute atomic E-state index is 12.2. The predicted molar refractivity (Wildman–Crippen MR) is 73.4 cm³/mol. The molecule has 0 spiro atoms. The highest BCUT2D eigenvalue weighted by molar-refractivity contribution is 7.91. The summed E-state index contributed by atoms with van der Waals surface area (Å²) in [6.45, 7) is 2.67. The second-order valence-electron chi connectivity index (χ2n) is 4.36. The van der Waals surface area contributed by atoms with Gasteiger partial charge in [0.2, 0.25) is 0 Å². The molecule has 0 saturated heterocycles. The molecule has 0 atom stereocenters. The number of aromatic nitrogens is 2. The largest absolute Gasteiger partial charge is 0.326 e. The first-order chi connectivity index (χ1) is 9.03. The number of rotatable bonds is 5. The summed E-state index contributed by atoms with van der Waals surface area (Å²) in [5, 5.41) is 4.08. The van der Waals surface area contributed by atoms with Gasteiger partial charge in [-0.05, 0) is 30.7 Å². The molecule has 1 aromatic heterocycles. The molecule has 0 unspecified atom stereocenters. The van der Waals surface area contributed by atoms with Crippen LogP contribution in [0, 0.1) is 6.92 Å². The van der Waals surface area contributed by atoms with E-state index < -0.39 is 9.84 Å². The number of benzene rings is 1. The monoisotopic (exact) mass is 279 g/mol. The van der Waals surface area contributed by atoms with Crippen LogP contribution in [-0.4, -0.2) is 24.0 Å². The Labute approximate surface area is 113 Å². The molecule has 0 aliphatic carbocycles. The molecule has 0 saturated carbocycles. The van der Waals surface area contributed by atoms with Crippen molar-refractivity contribution >= 4 is 9.84 Å². The van der Waals surface area contributed by atoms with Crippen LogP contribution in [0.25, 0.3) is 0 Å². The zero-order chi connectivity index (χ0) is 13.9. The van der Waals surface area contributed by atoms with Crippen molar-refractivity contribution in [3.05, 3.63) is 47.8 Å². The standard InChI is InChI=1S/C13H17N3O2S/c1-11-6-7-15-16(11)8-9-19(17,18)13-4-2-12(10-14)3-5-13/h2-7H,8-10,14H2,1H3. The normalized spacial score (nSPS) is 11.7. The van der Waals surface area contributed by atoms with Gasteiger partial charge in [-0.25, -0.2) is 8.42 Å². The number of nitrogens with two attached hydrogens (primary N) is 1. The van der Waals surface area contributed by atoms with E-state index in [-0.39, 0.29) is 5.75 Å². The molecule has 0 bridgehead atoms. The van der Waals surface area contributed by atoms with Crippen molar-refractivity contribution in [3.63, 3.8) is 0 Å². The van der Waals surface area contributed by atoms with Gasteiger partial charge < -0.3 is 5.73 Å². The molecule has 1 heterocycles. The van der Waals surface area contributed by atoms with Crippen molar-refractivity contribution in [1.29, 1.82) is 0 Å². The quantitative estimate of drug-likeness (QED) is 0.889. The third-order valence-corrected chi connectivity index (χ3v) is 4.73. The highest BCUT2D eigenvalue weighted by atomic mass is 32.2. The number of nitrogens with zero attached hydrogens (tertiary/aromatic N) is 2. The minimum absolute atomic E-state index is 0.0392. The molecule has 2 rings (SSSR count). The van der Waals surface area contributed by atoms with Crippen molar-refractivity contribution in [2.75, 3.05) is 5.75 Å². The van der Waals surface area contributed by atoms with Crippen molar-refractivity contribution in [1.82, 2.24) is 9.78 Å². The Hall–Kier alpha value is -1.66. The molecule has 6 heteroatoms. The van der Waals surface area contributed by atoms with E-state index in [0.29, 0.717) is 18.0 Å². The number of aryl methyl sites for hydroxylation is 2. The predicted octanol–water partition coefficient (Wildman–Crippen LogP) is 1.12. The Kier molecular flexibility index (Phi) is 4.01. The third-order valence-electron chi connectivity index (χ3n) is 3.02. The average Bonchev–Trinajstić information content (AvgIpc) is 2.82. The lowest BCUT2D eigenvalue weighted by Gasteiger charge is -2.07. The Morgan fingerprint density at radius 1 is 1.21 bits per heavy atom.